The average molecular weight is 483 g/mol. The van der Waals surface area contributed by atoms with E-state index in [4.69, 9.17) is 14.2 Å². The fraction of sp³-hybridized carbons (Fsp3) is 0.240. The Hall–Kier alpha value is -3.72. The van der Waals surface area contributed by atoms with Crippen molar-refractivity contribution in [1.82, 2.24) is 5.32 Å². The van der Waals surface area contributed by atoms with Gasteiger partial charge in [0.2, 0.25) is 0 Å². The van der Waals surface area contributed by atoms with Crippen LogP contribution in [0.5, 0.6) is 17.2 Å². The minimum Gasteiger partial charge on any atom is -0.493 e. The maximum atomic E-state index is 13.4. The highest BCUT2D eigenvalue weighted by atomic mass is 32.2. The molecular formula is C25H26N2O6S. The molecule has 0 aliphatic carbocycles. The van der Waals surface area contributed by atoms with Gasteiger partial charge in [-0.3, -0.25) is 9.10 Å². The Morgan fingerprint density at radius 3 is 2.50 bits per heavy atom. The molecule has 1 atom stereocenters. The van der Waals surface area contributed by atoms with Crippen LogP contribution in [0, 0.1) is 6.92 Å². The summed E-state index contributed by atoms with van der Waals surface area (Å²) >= 11 is 0. The predicted molar refractivity (Wildman–Crippen MR) is 128 cm³/mol. The number of aryl methyl sites for hydroxylation is 1. The predicted octanol–water partition coefficient (Wildman–Crippen LogP) is 3.16. The Kier molecular flexibility index (Phi) is 6.93. The van der Waals surface area contributed by atoms with Gasteiger partial charge in [-0.15, -0.1) is 0 Å². The van der Waals surface area contributed by atoms with Gasteiger partial charge < -0.3 is 19.5 Å². The third-order valence-electron chi connectivity index (χ3n) is 5.34. The van der Waals surface area contributed by atoms with Crippen LogP contribution in [-0.4, -0.2) is 47.2 Å². The first kappa shape index (κ1) is 23.4. The zero-order chi connectivity index (χ0) is 24.1. The SMILES string of the molecule is COc1ccccc1OCCNC(=O)[C@H]1CN(S(=O)(=O)c2ccccc2)c2cc(C)ccc2O1. The largest absolute Gasteiger partial charge is 0.493 e. The van der Waals surface area contributed by atoms with Crippen molar-refractivity contribution >= 4 is 21.6 Å². The molecule has 34 heavy (non-hydrogen) atoms. The van der Waals surface area contributed by atoms with Crippen molar-refractivity contribution in [2.24, 2.45) is 0 Å². The number of nitrogens with one attached hydrogen (secondary N) is 1. The van der Waals surface area contributed by atoms with Gasteiger partial charge in [0.15, 0.2) is 17.6 Å². The van der Waals surface area contributed by atoms with Crippen molar-refractivity contribution in [3.8, 4) is 17.2 Å². The molecule has 3 aromatic rings. The Balaban J connectivity index is 1.47. The third kappa shape index (κ3) is 4.94. The molecule has 9 heteroatoms. The highest BCUT2D eigenvalue weighted by Gasteiger charge is 2.37. The minimum absolute atomic E-state index is 0.146. The molecule has 3 aromatic carbocycles. The molecular weight excluding hydrogens is 456 g/mol. The van der Waals surface area contributed by atoms with Crippen LogP contribution in [-0.2, 0) is 14.8 Å². The number of benzene rings is 3. The molecule has 0 saturated heterocycles. The Bertz CT molecular complexity index is 1260. The number of amides is 1. The lowest BCUT2D eigenvalue weighted by atomic mass is 10.1. The van der Waals surface area contributed by atoms with Gasteiger partial charge in [-0.2, -0.15) is 0 Å². The van der Waals surface area contributed by atoms with E-state index in [0.717, 1.165) is 5.56 Å². The van der Waals surface area contributed by atoms with Crippen LogP contribution < -0.4 is 23.8 Å². The van der Waals surface area contributed by atoms with Crippen molar-refractivity contribution in [2.75, 3.05) is 31.1 Å². The summed E-state index contributed by atoms with van der Waals surface area (Å²) in [7, 11) is -2.34. The van der Waals surface area contributed by atoms with E-state index >= 15 is 0 Å². The van der Waals surface area contributed by atoms with Crippen LogP contribution in [0.2, 0.25) is 0 Å². The van der Waals surface area contributed by atoms with Crippen LogP contribution in [0.4, 0.5) is 5.69 Å². The van der Waals surface area contributed by atoms with E-state index in [9.17, 15) is 13.2 Å². The molecule has 0 unspecified atom stereocenters. The average Bonchev–Trinajstić information content (AvgIpc) is 2.86. The van der Waals surface area contributed by atoms with E-state index in [1.807, 2.05) is 25.1 Å². The molecule has 0 bridgehead atoms. The first-order valence-electron chi connectivity index (χ1n) is 10.8. The molecule has 8 nitrogen and oxygen atoms in total. The number of methoxy groups -OCH3 is 1. The van der Waals surface area contributed by atoms with Gasteiger partial charge >= 0.3 is 0 Å². The summed E-state index contributed by atoms with van der Waals surface area (Å²) in [4.78, 5) is 13.0. The molecule has 0 radical (unpaired) electrons. The number of rotatable bonds is 8. The number of para-hydroxylation sites is 2. The van der Waals surface area contributed by atoms with Crippen molar-refractivity contribution in [3.05, 3.63) is 78.4 Å². The number of hydrogen-bond acceptors (Lipinski definition) is 6. The van der Waals surface area contributed by atoms with Crippen molar-refractivity contribution < 1.29 is 27.4 Å². The number of hydrogen-bond donors (Lipinski definition) is 1. The molecule has 0 fully saturated rings. The monoisotopic (exact) mass is 482 g/mol. The lowest BCUT2D eigenvalue weighted by Crippen LogP contribution is -2.51. The van der Waals surface area contributed by atoms with Crippen LogP contribution >= 0.6 is 0 Å². The molecule has 0 aromatic heterocycles. The maximum absolute atomic E-state index is 13.4. The van der Waals surface area contributed by atoms with E-state index in [0.29, 0.717) is 22.9 Å². The number of anilines is 1. The van der Waals surface area contributed by atoms with Crippen LogP contribution in [0.15, 0.2) is 77.7 Å². The summed E-state index contributed by atoms with van der Waals surface area (Å²) in [5.41, 5.74) is 1.29. The van der Waals surface area contributed by atoms with Gasteiger partial charge in [-0.1, -0.05) is 36.4 Å². The third-order valence-corrected chi connectivity index (χ3v) is 7.13. The number of nitrogens with zero attached hydrogens (tertiary/aromatic N) is 1. The molecule has 1 aliphatic heterocycles. The topological polar surface area (TPSA) is 94.2 Å². The number of fused-ring (bicyclic) bond motifs is 1. The summed E-state index contributed by atoms with van der Waals surface area (Å²) in [5, 5.41) is 2.76. The Morgan fingerprint density at radius 2 is 1.76 bits per heavy atom. The normalized spacial score (nSPS) is 15.1. The van der Waals surface area contributed by atoms with Gasteiger partial charge in [-0.25, -0.2) is 8.42 Å². The molecule has 1 heterocycles. The van der Waals surface area contributed by atoms with E-state index in [2.05, 4.69) is 5.32 Å². The van der Waals surface area contributed by atoms with Gasteiger partial charge in [0.1, 0.15) is 12.4 Å². The summed E-state index contributed by atoms with van der Waals surface area (Å²) in [6.07, 6.45) is -1.01. The second-order valence-electron chi connectivity index (χ2n) is 7.72. The second kappa shape index (κ2) is 10.0. The summed E-state index contributed by atoms with van der Waals surface area (Å²) in [5.74, 6) is 1.07. The smallest absolute Gasteiger partial charge is 0.264 e. The fourth-order valence-electron chi connectivity index (χ4n) is 3.63. The van der Waals surface area contributed by atoms with Crippen LogP contribution in [0.3, 0.4) is 0 Å². The molecule has 1 N–H and O–H groups in total. The molecule has 1 amide bonds. The first-order chi connectivity index (χ1) is 16.4. The standard InChI is InChI=1S/C25H26N2O6S/c1-18-12-13-21-20(16-18)27(34(29,30)19-8-4-3-5-9-19)17-24(33-21)25(28)26-14-15-32-23-11-7-6-10-22(23)31-2/h3-13,16,24H,14-15,17H2,1-2H3,(H,26,28)/t24-/m1/s1. The highest BCUT2D eigenvalue weighted by molar-refractivity contribution is 7.92. The summed E-state index contributed by atoms with van der Waals surface area (Å²) < 4.78 is 44.9. The number of sulfonamides is 1. The molecule has 0 spiro atoms. The summed E-state index contributed by atoms with van der Waals surface area (Å²) in [6.45, 7) is 2.14. The lowest BCUT2D eigenvalue weighted by molar-refractivity contribution is -0.127. The zero-order valence-electron chi connectivity index (χ0n) is 18.9. The maximum Gasteiger partial charge on any atom is 0.264 e. The van der Waals surface area contributed by atoms with Gasteiger partial charge in [0.25, 0.3) is 15.9 Å². The Labute approximate surface area is 199 Å². The van der Waals surface area contributed by atoms with E-state index in [-0.39, 0.29) is 24.6 Å². The van der Waals surface area contributed by atoms with E-state index in [1.54, 1.807) is 49.6 Å². The van der Waals surface area contributed by atoms with Crippen LogP contribution in [0.1, 0.15) is 5.56 Å². The fourth-order valence-corrected chi connectivity index (χ4v) is 5.12. The van der Waals surface area contributed by atoms with Gasteiger partial charge in [0.05, 0.1) is 30.8 Å². The molecule has 4 rings (SSSR count). The molecule has 1 aliphatic rings. The number of carbonyl (C=O) groups excluding carboxylic acids is 1. The van der Waals surface area contributed by atoms with E-state index in [1.165, 1.54) is 16.4 Å². The van der Waals surface area contributed by atoms with Gasteiger partial charge in [0, 0.05) is 0 Å². The lowest BCUT2D eigenvalue weighted by Gasteiger charge is -2.35. The van der Waals surface area contributed by atoms with Gasteiger partial charge in [-0.05, 0) is 48.9 Å². The van der Waals surface area contributed by atoms with E-state index < -0.39 is 22.0 Å². The quantitative estimate of drug-likeness (QED) is 0.496. The molecule has 0 saturated carbocycles. The van der Waals surface area contributed by atoms with Crippen molar-refractivity contribution in [1.29, 1.82) is 0 Å². The summed E-state index contributed by atoms with van der Waals surface area (Å²) in [6, 6.07) is 20.6. The van der Waals surface area contributed by atoms with Crippen molar-refractivity contribution in [3.63, 3.8) is 0 Å². The first-order valence-corrected chi connectivity index (χ1v) is 12.2. The second-order valence-corrected chi connectivity index (χ2v) is 9.58. The molecule has 178 valence electrons. The highest BCUT2D eigenvalue weighted by Crippen LogP contribution is 2.37. The van der Waals surface area contributed by atoms with Crippen LogP contribution in [0.25, 0.3) is 0 Å². The number of ether oxygens (including phenoxy) is 3. The zero-order valence-corrected chi connectivity index (χ0v) is 19.7. The number of carbonyl (C=O) groups is 1. The van der Waals surface area contributed by atoms with Crippen molar-refractivity contribution in [2.45, 2.75) is 17.9 Å². The minimum atomic E-state index is -3.89. The Morgan fingerprint density at radius 1 is 1.06 bits per heavy atom.